The van der Waals surface area contributed by atoms with Gasteiger partial charge in [0.05, 0.1) is 6.10 Å². The molecule has 3 rings (SSSR count). The minimum atomic E-state index is -0.833. The van der Waals surface area contributed by atoms with Gasteiger partial charge in [0.25, 0.3) is 5.97 Å². The molecule has 1 fully saturated rings. The van der Waals surface area contributed by atoms with E-state index < -0.39 is 5.97 Å². The number of aliphatic carboxylic acids is 1. The van der Waals surface area contributed by atoms with E-state index in [1.54, 1.807) is 0 Å². The number of carboxylic acid groups (broad SMARTS) is 1. The van der Waals surface area contributed by atoms with Crippen LogP contribution in [-0.2, 0) is 4.79 Å². The Morgan fingerprint density at radius 2 is 2.00 bits per heavy atom. The monoisotopic (exact) mass is 212 g/mol. The highest BCUT2D eigenvalue weighted by Crippen LogP contribution is 2.58. The van der Waals surface area contributed by atoms with Gasteiger partial charge in [-0.2, -0.15) is 0 Å². The van der Waals surface area contributed by atoms with Crippen molar-refractivity contribution in [2.24, 2.45) is 17.3 Å². The van der Waals surface area contributed by atoms with E-state index in [1.807, 2.05) is 0 Å². The van der Waals surface area contributed by atoms with Gasteiger partial charge in [-0.15, -0.1) is 0 Å². The predicted octanol–water partition coefficient (Wildman–Crippen LogP) is 2.06. The molecule has 3 atom stereocenters. The number of hydrogen-bond donors (Lipinski definition) is 2. The van der Waals surface area contributed by atoms with Gasteiger partial charge in [-0.1, -0.05) is 25.5 Å². The van der Waals surface area contributed by atoms with Gasteiger partial charge >= 0.3 is 0 Å². The highest BCUT2D eigenvalue weighted by molar-refractivity contribution is 5.62. The van der Waals surface area contributed by atoms with Crippen LogP contribution < -0.4 is 0 Å². The predicted molar refractivity (Wildman–Crippen MR) is 58.5 cm³/mol. The quantitative estimate of drug-likeness (QED) is 0.604. The first-order valence-corrected chi connectivity index (χ1v) is 5.32. The number of aliphatic hydroxyl groups excluding tert-OH is 1. The molecule has 15 heavy (non-hydrogen) atoms. The van der Waals surface area contributed by atoms with Crippen LogP contribution in [0, 0.1) is 17.3 Å². The lowest BCUT2D eigenvalue weighted by Gasteiger charge is -2.59. The summed E-state index contributed by atoms with van der Waals surface area (Å²) >= 11 is 0. The first-order valence-electron chi connectivity index (χ1n) is 5.32. The van der Waals surface area contributed by atoms with Crippen molar-refractivity contribution >= 4 is 5.97 Å². The molecule has 3 nitrogen and oxygen atoms in total. The molecular weight excluding hydrogens is 192 g/mol. The van der Waals surface area contributed by atoms with Gasteiger partial charge in [-0.25, -0.2) is 0 Å². The van der Waals surface area contributed by atoms with Crippen molar-refractivity contribution < 1.29 is 15.0 Å². The van der Waals surface area contributed by atoms with Gasteiger partial charge < -0.3 is 10.2 Å². The lowest BCUT2D eigenvalue weighted by atomic mass is 9.47. The lowest BCUT2D eigenvalue weighted by Crippen LogP contribution is -2.59. The molecule has 2 bridgehead atoms. The third kappa shape index (κ3) is 2.07. The minimum Gasteiger partial charge on any atom is -0.481 e. The summed E-state index contributed by atoms with van der Waals surface area (Å²) in [6, 6.07) is 0. The summed E-state index contributed by atoms with van der Waals surface area (Å²) < 4.78 is 0. The Kier molecular flexibility index (Phi) is 3.24. The number of fused-ring (bicyclic) bond motifs is 1. The SMILES string of the molecule is CC(=O)O.CC1=CCC2C(O)C1C2(C)C. The Balaban J connectivity index is 0.000000245. The normalized spacial score (nSPS) is 35.5. The summed E-state index contributed by atoms with van der Waals surface area (Å²) in [4.78, 5) is 9.00. The fourth-order valence-corrected chi connectivity index (χ4v) is 2.96. The second-order valence-corrected chi connectivity index (χ2v) is 5.10. The van der Waals surface area contributed by atoms with Crippen molar-refractivity contribution in [3.8, 4) is 0 Å². The van der Waals surface area contributed by atoms with Gasteiger partial charge in [0.15, 0.2) is 0 Å². The minimum absolute atomic E-state index is 0.0463. The van der Waals surface area contributed by atoms with Crippen LogP contribution in [0.2, 0.25) is 0 Å². The van der Waals surface area contributed by atoms with Crippen molar-refractivity contribution in [2.45, 2.75) is 40.2 Å². The second kappa shape index (κ2) is 3.97. The van der Waals surface area contributed by atoms with Crippen LogP contribution in [0.1, 0.15) is 34.1 Å². The number of hydrogen-bond acceptors (Lipinski definition) is 2. The zero-order valence-corrected chi connectivity index (χ0v) is 9.82. The Hall–Kier alpha value is -0.830. The van der Waals surface area contributed by atoms with Crippen molar-refractivity contribution in [1.29, 1.82) is 0 Å². The van der Waals surface area contributed by atoms with E-state index in [0.29, 0.717) is 17.3 Å². The molecule has 0 amide bonds. The van der Waals surface area contributed by atoms with Gasteiger partial charge in [0.1, 0.15) is 0 Å². The first kappa shape index (κ1) is 12.2. The van der Waals surface area contributed by atoms with Gasteiger partial charge in [0, 0.05) is 12.8 Å². The largest absolute Gasteiger partial charge is 0.481 e. The molecule has 0 aromatic carbocycles. The molecule has 86 valence electrons. The Bertz CT molecular complexity index is 287. The first-order chi connectivity index (χ1) is 6.78. The maximum Gasteiger partial charge on any atom is 0.300 e. The van der Waals surface area contributed by atoms with E-state index in [0.717, 1.165) is 13.3 Å². The zero-order valence-electron chi connectivity index (χ0n) is 9.82. The topological polar surface area (TPSA) is 57.5 Å². The van der Waals surface area contributed by atoms with Crippen LogP contribution in [0.15, 0.2) is 11.6 Å². The molecule has 0 heterocycles. The van der Waals surface area contributed by atoms with Crippen molar-refractivity contribution in [3.05, 3.63) is 11.6 Å². The molecule has 0 radical (unpaired) electrons. The molecule has 2 N–H and O–H groups in total. The third-order valence-corrected chi connectivity index (χ3v) is 3.70. The van der Waals surface area contributed by atoms with Crippen LogP contribution in [-0.4, -0.2) is 22.3 Å². The summed E-state index contributed by atoms with van der Waals surface area (Å²) in [6.45, 7) is 7.77. The molecular formula is C12H20O3. The summed E-state index contributed by atoms with van der Waals surface area (Å²) in [5.74, 6) is 0.137. The number of allylic oxidation sites excluding steroid dienone is 1. The number of aliphatic hydroxyl groups is 1. The zero-order chi connectivity index (χ0) is 11.8. The molecule has 0 aromatic heterocycles. The maximum absolute atomic E-state index is 9.69. The van der Waals surface area contributed by atoms with Crippen molar-refractivity contribution in [3.63, 3.8) is 0 Å². The second-order valence-electron chi connectivity index (χ2n) is 5.10. The summed E-state index contributed by atoms with van der Waals surface area (Å²) in [7, 11) is 0. The third-order valence-electron chi connectivity index (χ3n) is 3.70. The molecule has 3 unspecified atom stereocenters. The lowest BCUT2D eigenvalue weighted by molar-refractivity contribution is -0.144. The van der Waals surface area contributed by atoms with Gasteiger partial charge in [0.2, 0.25) is 0 Å². The average molecular weight is 212 g/mol. The number of carboxylic acids is 1. The van der Waals surface area contributed by atoms with E-state index in [9.17, 15) is 5.11 Å². The number of rotatable bonds is 0. The summed E-state index contributed by atoms with van der Waals surface area (Å²) in [5.41, 5.74) is 1.75. The molecule has 3 aliphatic carbocycles. The van der Waals surface area contributed by atoms with Gasteiger partial charge in [-0.05, 0) is 24.7 Å². The fourth-order valence-electron chi connectivity index (χ4n) is 2.96. The average Bonchev–Trinajstić information content (AvgIpc) is 2.01. The number of carbonyl (C=O) groups is 1. The standard InChI is InChI=1S/C10H16O.C2H4O2/c1-6-4-5-7-9(11)8(6)10(7,2)3;1-2(3)4/h4,7-9,11H,5H2,1-3H3;1H3,(H,3,4). The molecule has 3 aliphatic rings. The van der Waals surface area contributed by atoms with Crippen LogP contribution in [0.25, 0.3) is 0 Å². The van der Waals surface area contributed by atoms with E-state index in [2.05, 4.69) is 26.8 Å². The molecule has 1 saturated carbocycles. The van der Waals surface area contributed by atoms with E-state index in [-0.39, 0.29) is 6.10 Å². The Labute approximate surface area is 90.8 Å². The molecule has 0 aromatic rings. The van der Waals surface area contributed by atoms with Crippen LogP contribution in [0.3, 0.4) is 0 Å². The highest BCUT2D eigenvalue weighted by Gasteiger charge is 2.57. The van der Waals surface area contributed by atoms with E-state index in [1.165, 1.54) is 5.57 Å². The Morgan fingerprint density at radius 3 is 2.20 bits per heavy atom. The van der Waals surface area contributed by atoms with E-state index in [4.69, 9.17) is 9.90 Å². The fraction of sp³-hybridized carbons (Fsp3) is 0.750. The molecule has 0 spiro atoms. The molecule has 0 saturated heterocycles. The van der Waals surface area contributed by atoms with Crippen molar-refractivity contribution in [1.82, 2.24) is 0 Å². The Morgan fingerprint density at radius 1 is 1.53 bits per heavy atom. The smallest absolute Gasteiger partial charge is 0.300 e. The van der Waals surface area contributed by atoms with Crippen LogP contribution in [0.4, 0.5) is 0 Å². The van der Waals surface area contributed by atoms with E-state index >= 15 is 0 Å². The summed E-state index contributed by atoms with van der Waals surface area (Å²) in [5, 5.41) is 17.1. The summed E-state index contributed by atoms with van der Waals surface area (Å²) in [6.07, 6.45) is 3.32. The molecule has 0 aliphatic heterocycles. The van der Waals surface area contributed by atoms with Crippen LogP contribution in [0.5, 0.6) is 0 Å². The van der Waals surface area contributed by atoms with Gasteiger partial charge in [-0.3, -0.25) is 4.79 Å². The molecule has 3 heteroatoms. The van der Waals surface area contributed by atoms with Crippen molar-refractivity contribution in [2.75, 3.05) is 0 Å². The highest BCUT2D eigenvalue weighted by atomic mass is 16.4. The maximum atomic E-state index is 9.69. The van der Waals surface area contributed by atoms with Crippen LogP contribution >= 0.6 is 0 Å².